The van der Waals surface area contributed by atoms with Gasteiger partial charge in [0.05, 0.1) is 5.52 Å². The third-order valence-electron chi connectivity index (χ3n) is 3.25. The van der Waals surface area contributed by atoms with Crippen LogP contribution in [-0.2, 0) is 16.8 Å². The first-order valence-electron chi connectivity index (χ1n) is 6.78. The van der Waals surface area contributed by atoms with Crippen LogP contribution in [0.5, 0.6) is 0 Å². The van der Waals surface area contributed by atoms with Crippen LogP contribution in [0.3, 0.4) is 0 Å². The van der Waals surface area contributed by atoms with Gasteiger partial charge in [-0.1, -0.05) is 24.3 Å². The Hall–Kier alpha value is -1.54. The van der Waals surface area contributed by atoms with Gasteiger partial charge in [-0.25, -0.2) is 0 Å². The molecular formula is C14H20N4O2S. The molecule has 2 rings (SSSR count). The van der Waals surface area contributed by atoms with E-state index in [1.54, 1.807) is 13.2 Å². The van der Waals surface area contributed by atoms with Gasteiger partial charge in [0.1, 0.15) is 0 Å². The zero-order valence-corrected chi connectivity index (χ0v) is 12.8. The maximum Gasteiger partial charge on any atom is 0.279 e. The molecule has 0 bridgehead atoms. The summed E-state index contributed by atoms with van der Waals surface area (Å²) in [6.07, 6.45) is 2.33. The molecule has 0 aliphatic carbocycles. The normalized spacial score (nSPS) is 12.1. The minimum Gasteiger partial charge on any atom is -0.330 e. The fourth-order valence-corrected chi connectivity index (χ4v) is 2.95. The van der Waals surface area contributed by atoms with Crippen LogP contribution in [0, 0.1) is 0 Å². The number of para-hydroxylation sites is 1. The Morgan fingerprint density at radius 2 is 2.05 bits per heavy atom. The topological polar surface area (TPSA) is 88.3 Å². The second kappa shape index (κ2) is 6.95. The molecule has 1 heterocycles. The summed E-state index contributed by atoms with van der Waals surface area (Å²) in [4.78, 5) is 4.31. The summed E-state index contributed by atoms with van der Waals surface area (Å²) in [5, 5.41) is 0.991. The molecule has 114 valence electrons. The van der Waals surface area contributed by atoms with Gasteiger partial charge in [0.25, 0.3) is 10.2 Å². The van der Waals surface area contributed by atoms with Crippen molar-refractivity contribution >= 4 is 21.1 Å². The highest BCUT2D eigenvalue weighted by molar-refractivity contribution is 7.87. The molecule has 0 saturated carbocycles. The quantitative estimate of drug-likeness (QED) is 0.793. The van der Waals surface area contributed by atoms with Crippen molar-refractivity contribution in [2.45, 2.75) is 13.0 Å². The molecule has 0 unspecified atom stereocenters. The van der Waals surface area contributed by atoms with Gasteiger partial charge >= 0.3 is 0 Å². The molecule has 2 aromatic rings. The zero-order valence-electron chi connectivity index (χ0n) is 12.0. The minimum absolute atomic E-state index is 0.212. The van der Waals surface area contributed by atoms with Crippen molar-refractivity contribution in [2.75, 3.05) is 20.1 Å². The maximum atomic E-state index is 12.1. The van der Waals surface area contributed by atoms with Crippen molar-refractivity contribution in [3.63, 3.8) is 0 Å². The number of rotatable bonds is 7. The Morgan fingerprint density at radius 1 is 1.29 bits per heavy atom. The van der Waals surface area contributed by atoms with E-state index in [4.69, 9.17) is 5.73 Å². The monoisotopic (exact) mass is 308 g/mol. The number of hydrogen-bond donors (Lipinski definition) is 2. The summed E-state index contributed by atoms with van der Waals surface area (Å²) in [6.45, 7) is 1.08. The molecule has 0 saturated heterocycles. The van der Waals surface area contributed by atoms with Crippen molar-refractivity contribution in [3.05, 3.63) is 42.1 Å². The Morgan fingerprint density at radius 3 is 2.81 bits per heavy atom. The summed E-state index contributed by atoms with van der Waals surface area (Å²) in [6, 6.07) is 9.53. The van der Waals surface area contributed by atoms with E-state index in [0.717, 1.165) is 16.5 Å². The van der Waals surface area contributed by atoms with E-state index >= 15 is 0 Å². The van der Waals surface area contributed by atoms with Crippen LogP contribution in [0.2, 0.25) is 0 Å². The van der Waals surface area contributed by atoms with Crippen LogP contribution in [0.4, 0.5) is 0 Å². The van der Waals surface area contributed by atoms with E-state index in [1.807, 2.05) is 30.3 Å². The summed E-state index contributed by atoms with van der Waals surface area (Å²) in [7, 11) is -1.96. The Kier molecular flexibility index (Phi) is 5.24. The molecule has 7 heteroatoms. The van der Waals surface area contributed by atoms with Crippen molar-refractivity contribution in [3.8, 4) is 0 Å². The first kappa shape index (κ1) is 15.8. The number of fused-ring (bicyclic) bond motifs is 1. The standard InChI is InChI=1S/C14H20N4O2S/c1-18(10-4-8-15)21(19,20)17-11-13-6-2-5-12-7-3-9-16-14(12)13/h2-3,5-7,9,17H,4,8,10-11,15H2,1H3. The van der Waals surface area contributed by atoms with E-state index in [1.165, 1.54) is 4.31 Å². The Labute approximate surface area is 125 Å². The molecule has 0 amide bonds. The van der Waals surface area contributed by atoms with Gasteiger partial charge in [0.15, 0.2) is 0 Å². The summed E-state index contributed by atoms with van der Waals surface area (Å²) in [5.41, 5.74) is 7.06. The lowest BCUT2D eigenvalue weighted by atomic mass is 10.1. The summed E-state index contributed by atoms with van der Waals surface area (Å²) < 4.78 is 28.1. The lowest BCUT2D eigenvalue weighted by molar-refractivity contribution is 0.452. The van der Waals surface area contributed by atoms with Crippen LogP contribution in [0.1, 0.15) is 12.0 Å². The molecule has 0 aliphatic rings. The lowest BCUT2D eigenvalue weighted by Crippen LogP contribution is -2.38. The van der Waals surface area contributed by atoms with Crippen molar-refractivity contribution in [1.29, 1.82) is 0 Å². The van der Waals surface area contributed by atoms with Gasteiger partial charge in [0.2, 0.25) is 0 Å². The van der Waals surface area contributed by atoms with Crippen LogP contribution >= 0.6 is 0 Å². The average molecular weight is 308 g/mol. The summed E-state index contributed by atoms with van der Waals surface area (Å²) >= 11 is 0. The molecule has 1 aromatic heterocycles. The van der Waals surface area contributed by atoms with E-state index in [-0.39, 0.29) is 6.54 Å². The number of nitrogens with zero attached hydrogens (tertiary/aromatic N) is 2. The molecule has 6 nitrogen and oxygen atoms in total. The minimum atomic E-state index is -3.50. The van der Waals surface area contributed by atoms with Crippen molar-refractivity contribution in [1.82, 2.24) is 14.0 Å². The van der Waals surface area contributed by atoms with Gasteiger partial charge < -0.3 is 5.73 Å². The number of benzene rings is 1. The third kappa shape index (κ3) is 3.98. The zero-order chi connectivity index (χ0) is 15.3. The number of hydrogen-bond acceptors (Lipinski definition) is 4. The first-order valence-corrected chi connectivity index (χ1v) is 8.22. The fraction of sp³-hybridized carbons (Fsp3) is 0.357. The molecule has 0 aliphatic heterocycles. The fourth-order valence-electron chi connectivity index (χ4n) is 2.02. The highest BCUT2D eigenvalue weighted by Crippen LogP contribution is 2.16. The molecule has 1 aromatic carbocycles. The first-order chi connectivity index (χ1) is 10.0. The Balaban J connectivity index is 2.11. The van der Waals surface area contributed by atoms with Crippen molar-refractivity contribution in [2.24, 2.45) is 5.73 Å². The predicted molar refractivity (Wildman–Crippen MR) is 83.8 cm³/mol. The number of nitrogens with one attached hydrogen (secondary N) is 1. The smallest absolute Gasteiger partial charge is 0.279 e. The average Bonchev–Trinajstić information content (AvgIpc) is 2.50. The SMILES string of the molecule is CN(CCCN)S(=O)(=O)NCc1cccc2cccnc12. The van der Waals surface area contributed by atoms with Gasteiger partial charge in [-0.05, 0) is 24.6 Å². The Bertz CT molecular complexity index is 698. The van der Waals surface area contributed by atoms with Gasteiger partial charge in [0, 0.05) is 31.7 Å². The third-order valence-corrected chi connectivity index (χ3v) is 4.76. The van der Waals surface area contributed by atoms with E-state index in [0.29, 0.717) is 19.5 Å². The van der Waals surface area contributed by atoms with E-state index in [2.05, 4.69) is 9.71 Å². The predicted octanol–water partition coefficient (Wildman–Crippen LogP) is 0.850. The van der Waals surface area contributed by atoms with Crippen LogP contribution in [0.15, 0.2) is 36.5 Å². The second-order valence-electron chi connectivity index (χ2n) is 4.78. The molecule has 0 atom stereocenters. The highest BCUT2D eigenvalue weighted by atomic mass is 32.2. The van der Waals surface area contributed by atoms with Crippen LogP contribution in [-0.4, -0.2) is 37.8 Å². The molecule has 21 heavy (non-hydrogen) atoms. The number of nitrogens with two attached hydrogens (primary N) is 1. The number of pyridine rings is 1. The van der Waals surface area contributed by atoms with E-state index < -0.39 is 10.2 Å². The van der Waals surface area contributed by atoms with Crippen LogP contribution in [0.25, 0.3) is 10.9 Å². The molecule has 0 spiro atoms. The molecule has 0 fully saturated rings. The summed E-state index contributed by atoms with van der Waals surface area (Å²) in [5.74, 6) is 0. The molecule has 3 N–H and O–H groups in total. The lowest BCUT2D eigenvalue weighted by Gasteiger charge is -2.17. The van der Waals surface area contributed by atoms with Gasteiger partial charge in [-0.15, -0.1) is 0 Å². The number of aromatic nitrogens is 1. The largest absolute Gasteiger partial charge is 0.330 e. The van der Waals surface area contributed by atoms with Crippen LogP contribution < -0.4 is 10.5 Å². The van der Waals surface area contributed by atoms with Crippen molar-refractivity contribution < 1.29 is 8.42 Å². The van der Waals surface area contributed by atoms with Gasteiger partial charge in [-0.3, -0.25) is 4.98 Å². The second-order valence-corrected chi connectivity index (χ2v) is 6.64. The molecular weight excluding hydrogens is 288 g/mol. The highest BCUT2D eigenvalue weighted by Gasteiger charge is 2.16. The van der Waals surface area contributed by atoms with E-state index in [9.17, 15) is 8.42 Å². The maximum absolute atomic E-state index is 12.1. The van der Waals surface area contributed by atoms with Gasteiger partial charge in [-0.2, -0.15) is 17.4 Å². The molecule has 0 radical (unpaired) electrons.